The molecule has 0 saturated heterocycles. The van der Waals surface area contributed by atoms with Crippen molar-refractivity contribution in [3.8, 4) is 0 Å². The minimum absolute atomic E-state index is 0.408. The zero-order chi connectivity index (χ0) is 13.7. The quantitative estimate of drug-likeness (QED) is 0.370. The molecule has 0 aromatic rings. The molecule has 0 unspecified atom stereocenters. The van der Waals surface area contributed by atoms with Crippen molar-refractivity contribution in [3.63, 3.8) is 0 Å². The van der Waals surface area contributed by atoms with Crippen LogP contribution in [-0.4, -0.2) is 5.66 Å². The van der Waals surface area contributed by atoms with Gasteiger partial charge < -0.3 is 11.5 Å². The molecule has 0 atom stereocenters. The molecule has 0 aliphatic heterocycles. The van der Waals surface area contributed by atoms with E-state index >= 15 is 0 Å². The van der Waals surface area contributed by atoms with Crippen molar-refractivity contribution in [1.29, 1.82) is 0 Å². The zero-order valence-electron chi connectivity index (χ0n) is 12.8. The third-order valence-corrected chi connectivity index (χ3v) is 3.71. The first kappa shape index (κ1) is 17.9. The molecule has 0 aromatic heterocycles. The summed E-state index contributed by atoms with van der Waals surface area (Å²) in [6.07, 6.45) is 16.7. The van der Waals surface area contributed by atoms with E-state index in [-0.39, 0.29) is 0 Å². The molecule has 0 aliphatic rings. The maximum absolute atomic E-state index is 6.01. The number of hydrogen-bond donors (Lipinski definition) is 2. The molecule has 0 radical (unpaired) electrons. The van der Waals surface area contributed by atoms with E-state index in [0.717, 1.165) is 19.3 Å². The summed E-state index contributed by atoms with van der Waals surface area (Å²) in [5, 5.41) is 0. The first-order chi connectivity index (χ1) is 8.62. The Bertz CT molecular complexity index is 166. The summed E-state index contributed by atoms with van der Waals surface area (Å²) in [5.41, 5.74) is 11.6. The third kappa shape index (κ3) is 12.4. The van der Waals surface area contributed by atoms with Crippen LogP contribution in [0.1, 0.15) is 97.3 Å². The van der Waals surface area contributed by atoms with Crippen LogP contribution < -0.4 is 11.5 Å². The van der Waals surface area contributed by atoms with Crippen LogP contribution >= 0.6 is 0 Å². The maximum Gasteiger partial charge on any atom is 0.0636 e. The molecule has 0 amide bonds. The topological polar surface area (TPSA) is 52.0 Å². The molecule has 0 heterocycles. The molecular weight excluding hydrogens is 220 g/mol. The normalized spacial score (nSPS) is 12.0. The van der Waals surface area contributed by atoms with E-state index < -0.39 is 5.66 Å². The van der Waals surface area contributed by atoms with Crippen molar-refractivity contribution in [3.05, 3.63) is 0 Å². The van der Waals surface area contributed by atoms with Crippen LogP contribution in [0, 0.1) is 0 Å². The Labute approximate surface area is 115 Å². The first-order valence-corrected chi connectivity index (χ1v) is 8.20. The lowest BCUT2D eigenvalue weighted by atomic mass is 9.97. The minimum Gasteiger partial charge on any atom is -0.313 e. The molecule has 0 fully saturated rings. The van der Waals surface area contributed by atoms with Gasteiger partial charge in [-0.05, 0) is 12.8 Å². The van der Waals surface area contributed by atoms with Crippen LogP contribution in [0.25, 0.3) is 0 Å². The molecule has 18 heavy (non-hydrogen) atoms. The van der Waals surface area contributed by atoms with E-state index in [4.69, 9.17) is 11.5 Å². The fourth-order valence-corrected chi connectivity index (χ4v) is 2.53. The lowest BCUT2D eigenvalue weighted by Crippen LogP contribution is -2.48. The summed E-state index contributed by atoms with van der Waals surface area (Å²) in [7, 11) is 0. The van der Waals surface area contributed by atoms with E-state index in [2.05, 4.69) is 13.8 Å². The first-order valence-electron chi connectivity index (χ1n) is 8.20. The Morgan fingerprint density at radius 3 is 1.44 bits per heavy atom. The number of hydrogen-bond acceptors (Lipinski definition) is 2. The predicted molar refractivity (Wildman–Crippen MR) is 82.5 cm³/mol. The standard InChI is InChI=1S/C16H36N2/c1-3-5-6-7-8-9-10-11-12-13-15-16(17,18)14-4-2/h3-15,17-18H2,1-2H3. The Balaban J connectivity index is 3.16. The predicted octanol–water partition coefficient (Wildman–Crippen LogP) is 4.71. The lowest BCUT2D eigenvalue weighted by Gasteiger charge is -2.23. The zero-order valence-corrected chi connectivity index (χ0v) is 12.8. The van der Waals surface area contributed by atoms with Crippen molar-refractivity contribution in [2.24, 2.45) is 11.5 Å². The van der Waals surface area contributed by atoms with Gasteiger partial charge in [-0.25, -0.2) is 0 Å². The van der Waals surface area contributed by atoms with Gasteiger partial charge in [0, 0.05) is 0 Å². The number of rotatable bonds is 13. The van der Waals surface area contributed by atoms with Gasteiger partial charge in [0.25, 0.3) is 0 Å². The summed E-state index contributed by atoms with van der Waals surface area (Å²) in [6, 6.07) is 0. The van der Waals surface area contributed by atoms with Crippen molar-refractivity contribution in [2.45, 2.75) is 103 Å². The average molecular weight is 256 g/mol. The summed E-state index contributed by atoms with van der Waals surface area (Å²) in [6.45, 7) is 4.42. The molecule has 0 rings (SSSR count). The Kier molecular flexibility index (Phi) is 11.9. The highest BCUT2D eigenvalue weighted by Gasteiger charge is 2.16. The molecule has 110 valence electrons. The van der Waals surface area contributed by atoms with Crippen LogP contribution in [0.15, 0.2) is 0 Å². The average Bonchev–Trinajstić information content (AvgIpc) is 2.31. The second-order valence-corrected chi connectivity index (χ2v) is 5.92. The second-order valence-electron chi connectivity index (χ2n) is 5.92. The largest absolute Gasteiger partial charge is 0.313 e. The monoisotopic (exact) mass is 256 g/mol. The maximum atomic E-state index is 6.01. The van der Waals surface area contributed by atoms with Crippen molar-refractivity contribution in [1.82, 2.24) is 0 Å². The molecule has 0 saturated carbocycles. The van der Waals surface area contributed by atoms with Crippen molar-refractivity contribution in [2.75, 3.05) is 0 Å². The summed E-state index contributed by atoms with van der Waals surface area (Å²) in [5.74, 6) is 0. The van der Waals surface area contributed by atoms with Gasteiger partial charge in [0.1, 0.15) is 0 Å². The van der Waals surface area contributed by atoms with Gasteiger partial charge in [-0.1, -0.05) is 84.5 Å². The van der Waals surface area contributed by atoms with Crippen LogP contribution in [0.5, 0.6) is 0 Å². The van der Waals surface area contributed by atoms with Crippen molar-refractivity contribution < 1.29 is 0 Å². The fraction of sp³-hybridized carbons (Fsp3) is 1.00. The Morgan fingerprint density at radius 2 is 1.00 bits per heavy atom. The van der Waals surface area contributed by atoms with Crippen LogP contribution in [-0.2, 0) is 0 Å². The smallest absolute Gasteiger partial charge is 0.0636 e. The molecule has 2 heteroatoms. The molecule has 2 nitrogen and oxygen atoms in total. The molecule has 0 aliphatic carbocycles. The third-order valence-electron chi connectivity index (χ3n) is 3.71. The Morgan fingerprint density at radius 1 is 0.556 bits per heavy atom. The van der Waals surface area contributed by atoms with E-state index in [1.165, 1.54) is 64.2 Å². The van der Waals surface area contributed by atoms with E-state index in [1.54, 1.807) is 0 Å². The molecule has 4 N–H and O–H groups in total. The highest BCUT2D eigenvalue weighted by atomic mass is 14.9. The summed E-state index contributed by atoms with van der Waals surface area (Å²) < 4.78 is 0. The van der Waals surface area contributed by atoms with Gasteiger partial charge in [0.05, 0.1) is 5.66 Å². The van der Waals surface area contributed by atoms with Gasteiger partial charge in [-0.15, -0.1) is 0 Å². The molecular formula is C16H36N2. The fourth-order valence-electron chi connectivity index (χ4n) is 2.53. The van der Waals surface area contributed by atoms with Gasteiger partial charge in [0.15, 0.2) is 0 Å². The lowest BCUT2D eigenvalue weighted by molar-refractivity contribution is 0.357. The Hall–Kier alpha value is -0.0800. The summed E-state index contributed by atoms with van der Waals surface area (Å²) in [4.78, 5) is 0. The minimum atomic E-state index is -0.408. The van der Waals surface area contributed by atoms with Gasteiger partial charge in [-0.3, -0.25) is 0 Å². The van der Waals surface area contributed by atoms with Crippen LogP contribution in [0.4, 0.5) is 0 Å². The molecule has 0 bridgehead atoms. The van der Waals surface area contributed by atoms with E-state index in [9.17, 15) is 0 Å². The van der Waals surface area contributed by atoms with E-state index in [0.29, 0.717) is 0 Å². The van der Waals surface area contributed by atoms with Crippen LogP contribution in [0.2, 0.25) is 0 Å². The highest BCUT2D eigenvalue weighted by molar-refractivity contribution is 4.75. The van der Waals surface area contributed by atoms with Gasteiger partial charge in [-0.2, -0.15) is 0 Å². The van der Waals surface area contributed by atoms with E-state index in [1.807, 2.05) is 0 Å². The number of unbranched alkanes of at least 4 members (excludes halogenated alkanes) is 9. The highest BCUT2D eigenvalue weighted by Crippen LogP contribution is 2.15. The van der Waals surface area contributed by atoms with Crippen LogP contribution in [0.3, 0.4) is 0 Å². The molecule has 0 aromatic carbocycles. The van der Waals surface area contributed by atoms with Gasteiger partial charge >= 0.3 is 0 Å². The summed E-state index contributed by atoms with van der Waals surface area (Å²) >= 11 is 0. The number of nitrogens with two attached hydrogens (primary N) is 2. The second kappa shape index (κ2) is 12.0. The van der Waals surface area contributed by atoms with Gasteiger partial charge in [0.2, 0.25) is 0 Å². The van der Waals surface area contributed by atoms with Crippen molar-refractivity contribution >= 4 is 0 Å². The SMILES string of the molecule is CCCCCCCCCCCCC(N)(N)CCC. The molecule has 0 spiro atoms.